The molecule has 0 bridgehead atoms. The maximum atomic E-state index is 11.5. The SMILES string of the molecule is CN(O)C(=O)OCCNC(=O)c1ccccc1. The van der Waals surface area contributed by atoms with Crippen molar-refractivity contribution in [1.29, 1.82) is 0 Å². The predicted molar refractivity (Wildman–Crippen MR) is 59.7 cm³/mol. The molecule has 92 valence electrons. The van der Waals surface area contributed by atoms with Crippen molar-refractivity contribution in [2.24, 2.45) is 0 Å². The van der Waals surface area contributed by atoms with Crippen LogP contribution in [0.25, 0.3) is 0 Å². The highest BCUT2D eigenvalue weighted by atomic mass is 16.6. The van der Waals surface area contributed by atoms with Gasteiger partial charge in [0.1, 0.15) is 6.61 Å². The van der Waals surface area contributed by atoms with Crippen molar-refractivity contribution in [2.75, 3.05) is 20.2 Å². The first-order valence-corrected chi connectivity index (χ1v) is 5.04. The van der Waals surface area contributed by atoms with Crippen molar-refractivity contribution < 1.29 is 19.5 Å². The van der Waals surface area contributed by atoms with Crippen LogP contribution in [-0.2, 0) is 4.74 Å². The van der Waals surface area contributed by atoms with Gasteiger partial charge in [-0.2, -0.15) is 5.06 Å². The van der Waals surface area contributed by atoms with Crippen LogP contribution in [0, 0.1) is 0 Å². The van der Waals surface area contributed by atoms with Gasteiger partial charge in [0.2, 0.25) is 0 Å². The number of amides is 2. The Bertz CT molecular complexity index is 378. The van der Waals surface area contributed by atoms with Crippen LogP contribution in [0.4, 0.5) is 4.79 Å². The number of nitrogens with one attached hydrogen (secondary N) is 1. The number of nitrogens with zero attached hydrogens (tertiary/aromatic N) is 1. The van der Waals surface area contributed by atoms with E-state index >= 15 is 0 Å². The molecule has 2 N–H and O–H groups in total. The average molecular weight is 238 g/mol. The third-order valence-corrected chi connectivity index (χ3v) is 1.91. The number of carbonyl (C=O) groups excluding carboxylic acids is 2. The monoisotopic (exact) mass is 238 g/mol. The van der Waals surface area contributed by atoms with Crippen molar-refractivity contribution in [2.45, 2.75) is 0 Å². The number of ether oxygens (including phenoxy) is 1. The zero-order valence-electron chi connectivity index (χ0n) is 9.42. The molecule has 6 nitrogen and oxygen atoms in total. The molecular weight excluding hydrogens is 224 g/mol. The molecule has 0 aromatic heterocycles. The Morgan fingerprint density at radius 3 is 2.59 bits per heavy atom. The quantitative estimate of drug-likeness (QED) is 0.463. The van der Waals surface area contributed by atoms with Crippen LogP contribution in [-0.4, -0.2) is 42.5 Å². The highest BCUT2D eigenvalue weighted by Crippen LogP contribution is 1.97. The van der Waals surface area contributed by atoms with Gasteiger partial charge in [-0.1, -0.05) is 18.2 Å². The summed E-state index contributed by atoms with van der Waals surface area (Å²) in [6.07, 6.45) is -0.862. The second kappa shape index (κ2) is 6.49. The summed E-state index contributed by atoms with van der Waals surface area (Å²) in [6.45, 7) is 0.190. The molecule has 0 aliphatic heterocycles. The fourth-order valence-corrected chi connectivity index (χ4v) is 1.09. The molecule has 1 aromatic rings. The predicted octanol–water partition coefficient (Wildman–Crippen LogP) is 0.874. The van der Waals surface area contributed by atoms with Crippen LogP contribution in [0.15, 0.2) is 30.3 Å². The van der Waals surface area contributed by atoms with Gasteiger partial charge in [-0.15, -0.1) is 0 Å². The van der Waals surface area contributed by atoms with E-state index in [4.69, 9.17) is 5.21 Å². The molecule has 0 fully saturated rings. The van der Waals surface area contributed by atoms with Gasteiger partial charge < -0.3 is 10.1 Å². The maximum absolute atomic E-state index is 11.5. The smallest absolute Gasteiger partial charge is 0.433 e. The number of hydroxylamine groups is 2. The number of carbonyl (C=O) groups is 2. The lowest BCUT2D eigenvalue weighted by molar-refractivity contribution is -0.0525. The summed E-state index contributed by atoms with van der Waals surface area (Å²) >= 11 is 0. The normalized spacial score (nSPS) is 9.53. The molecule has 1 rings (SSSR count). The summed E-state index contributed by atoms with van der Waals surface area (Å²) in [4.78, 5) is 22.3. The number of benzene rings is 1. The lowest BCUT2D eigenvalue weighted by atomic mass is 10.2. The molecule has 0 spiro atoms. The van der Waals surface area contributed by atoms with Crippen LogP contribution < -0.4 is 5.32 Å². The molecular formula is C11H14N2O4. The van der Waals surface area contributed by atoms with Gasteiger partial charge >= 0.3 is 6.09 Å². The first-order valence-electron chi connectivity index (χ1n) is 5.04. The summed E-state index contributed by atoms with van der Waals surface area (Å²) < 4.78 is 4.61. The highest BCUT2D eigenvalue weighted by Gasteiger charge is 2.07. The second-order valence-corrected chi connectivity index (χ2v) is 3.26. The Morgan fingerprint density at radius 2 is 2.00 bits per heavy atom. The summed E-state index contributed by atoms with van der Waals surface area (Å²) in [5.41, 5.74) is 0.540. The standard InChI is InChI=1S/C11H14N2O4/c1-13(16)11(15)17-8-7-12-10(14)9-5-3-2-4-6-9/h2-6,16H,7-8H2,1H3,(H,12,14). The van der Waals surface area contributed by atoms with Gasteiger partial charge in [0.05, 0.1) is 6.54 Å². The molecule has 1 aromatic carbocycles. The topological polar surface area (TPSA) is 78.9 Å². The van der Waals surface area contributed by atoms with Gasteiger partial charge in [0.15, 0.2) is 0 Å². The molecule has 0 saturated heterocycles. The number of rotatable bonds is 4. The van der Waals surface area contributed by atoms with Crippen LogP contribution in [0.2, 0.25) is 0 Å². The highest BCUT2D eigenvalue weighted by molar-refractivity contribution is 5.94. The second-order valence-electron chi connectivity index (χ2n) is 3.26. The van der Waals surface area contributed by atoms with E-state index in [1.54, 1.807) is 24.3 Å². The number of hydrogen-bond donors (Lipinski definition) is 2. The van der Waals surface area contributed by atoms with Crippen LogP contribution in [0.1, 0.15) is 10.4 Å². The summed E-state index contributed by atoms with van der Waals surface area (Å²) in [6, 6.07) is 8.70. The first-order chi connectivity index (χ1) is 8.11. The molecule has 0 radical (unpaired) electrons. The first kappa shape index (κ1) is 13.0. The lowest BCUT2D eigenvalue weighted by Gasteiger charge is -2.09. The summed E-state index contributed by atoms with van der Waals surface area (Å²) in [5, 5.41) is 11.6. The molecule has 0 atom stereocenters. The Labute approximate surface area is 98.8 Å². The molecule has 0 unspecified atom stereocenters. The molecule has 6 heteroatoms. The summed E-state index contributed by atoms with van der Waals surface area (Å²) in [5.74, 6) is -0.237. The Balaban J connectivity index is 2.24. The minimum Gasteiger partial charge on any atom is -0.446 e. The third kappa shape index (κ3) is 4.52. The van der Waals surface area contributed by atoms with E-state index < -0.39 is 6.09 Å². The molecule has 17 heavy (non-hydrogen) atoms. The molecule has 2 amide bonds. The Hall–Kier alpha value is -2.08. The third-order valence-electron chi connectivity index (χ3n) is 1.91. The minimum absolute atomic E-state index is 0.00229. The minimum atomic E-state index is -0.862. The van der Waals surface area contributed by atoms with Crippen molar-refractivity contribution in [1.82, 2.24) is 10.4 Å². The molecule has 0 aliphatic carbocycles. The van der Waals surface area contributed by atoms with Gasteiger partial charge in [0.25, 0.3) is 5.91 Å². The largest absolute Gasteiger partial charge is 0.446 e. The van der Waals surface area contributed by atoms with Crippen molar-refractivity contribution in [3.8, 4) is 0 Å². The van der Waals surface area contributed by atoms with Gasteiger partial charge in [0, 0.05) is 12.6 Å². The maximum Gasteiger partial charge on any atom is 0.433 e. The van der Waals surface area contributed by atoms with Gasteiger partial charge in [-0.25, -0.2) is 4.79 Å². The van der Waals surface area contributed by atoms with E-state index in [2.05, 4.69) is 10.1 Å². The van der Waals surface area contributed by atoms with Gasteiger partial charge in [-0.05, 0) is 12.1 Å². The molecule has 0 heterocycles. The zero-order valence-corrected chi connectivity index (χ0v) is 9.42. The Kier molecular flexibility index (Phi) is 4.96. The fraction of sp³-hybridized carbons (Fsp3) is 0.273. The van der Waals surface area contributed by atoms with Gasteiger partial charge in [-0.3, -0.25) is 10.0 Å². The van der Waals surface area contributed by atoms with Crippen molar-refractivity contribution >= 4 is 12.0 Å². The van der Waals surface area contributed by atoms with E-state index in [9.17, 15) is 9.59 Å². The van der Waals surface area contributed by atoms with Crippen LogP contribution in [0.5, 0.6) is 0 Å². The summed E-state index contributed by atoms with van der Waals surface area (Å²) in [7, 11) is 1.16. The average Bonchev–Trinajstić information content (AvgIpc) is 2.35. The Morgan fingerprint density at radius 1 is 1.35 bits per heavy atom. The van der Waals surface area contributed by atoms with Crippen molar-refractivity contribution in [3.05, 3.63) is 35.9 Å². The van der Waals surface area contributed by atoms with E-state index in [0.717, 1.165) is 7.05 Å². The van der Waals surface area contributed by atoms with E-state index in [0.29, 0.717) is 10.6 Å². The van der Waals surface area contributed by atoms with E-state index in [1.807, 2.05) is 6.07 Å². The van der Waals surface area contributed by atoms with E-state index in [1.165, 1.54) is 0 Å². The fourth-order valence-electron chi connectivity index (χ4n) is 1.09. The zero-order chi connectivity index (χ0) is 12.7. The molecule has 0 saturated carbocycles. The van der Waals surface area contributed by atoms with Crippen LogP contribution >= 0.6 is 0 Å². The number of hydrogen-bond acceptors (Lipinski definition) is 4. The van der Waals surface area contributed by atoms with E-state index in [-0.39, 0.29) is 19.1 Å². The molecule has 0 aliphatic rings. The van der Waals surface area contributed by atoms with Crippen LogP contribution in [0.3, 0.4) is 0 Å². The lowest BCUT2D eigenvalue weighted by Crippen LogP contribution is -2.30. The van der Waals surface area contributed by atoms with Crippen molar-refractivity contribution in [3.63, 3.8) is 0 Å².